The first-order valence-electron chi connectivity index (χ1n) is 6.23. The zero-order valence-corrected chi connectivity index (χ0v) is 11.9. The summed E-state index contributed by atoms with van der Waals surface area (Å²) in [7, 11) is -1.23. The maximum absolute atomic E-state index is 11.8. The monoisotopic (exact) mass is 278 g/mol. The zero-order valence-electron chi connectivity index (χ0n) is 11.0. The average Bonchev–Trinajstić information content (AvgIpc) is 2.40. The van der Waals surface area contributed by atoms with Crippen molar-refractivity contribution in [1.29, 1.82) is 0 Å². The molecular formula is C14H18N2O2S. The minimum Gasteiger partial charge on any atom is -0.369 e. The highest BCUT2D eigenvalue weighted by atomic mass is 32.2. The lowest BCUT2D eigenvalue weighted by Crippen LogP contribution is -2.44. The first kappa shape index (κ1) is 13.9. The molecule has 0 bridgehead atoms. The topological polar surface area (TPSA) is 40.6 Å². The molecule has 0 spiro atoms. The number of hydrogen-bond donors (Lipinski definition) is 0. The lowest BCUT2D eigenvalue weighted by molar-refractivity contribution is 0.313. The van der Waals surface area contributed by atoms with Crippen molar-refractivity contribution in [3.05, 3.63) is 24.3 Å². The molecule has 102 valence electrons. The number of likely N-dealkylation sites (N-methyl/N-ethyl adjacent to an activating group) is 1. The predicted octanol–water partition coefficient (Wildman–Crippen LogP) is 0.845. The summed E-state index contributed by atoms with van der Waals surface area (Å²) in [5.74, 6) is 1.94. The molecular weight excluding hydrogens is 260 g/mol. The molecule has 1 aliphatic rings. The van der Waals surface area contributed by atoms with Gasteiger partial charge in [-0.15, -0.1) is 6.42 Å². The maximum Gasteiger partial charge on any atom is 0.189 e. The van der Waals surface area contributed by atoms with Gasteiger partial charge in [-0.3, -0.25) is 0 Å². The second kappa shape index (κ2) is 5.64. The molecule has 0 amide bonds. The second-order valence-electron chi connectivity index (χ2n) is 4.75. The van der Waals surface area contributed by atoms with Gasteiger partial charge in [0.2, 0.25) is 0 Å². The van der Waals surface area contributed by atoms with Crippen molar-refractivity contribution in [2.75, 3.05) is 43.9 Å². The number of terminal acetylenes is 1. The normalized spacial score (nSPS) is 17.2. The summed E-state index contributed by atoms with van der Waals surface area (Å²) in [6.45, 7) is 3.98. The standard InChI is InChI=1S/C14H18N2O2S/c1-3-12-19(17,18)14-6-4-13(5-7-14)16-10-8-15(2)9-11-16/h1,4-7H,8-12H2,2H3. The molecule has 19 heavy (non-hydrogen) atoms. The molecule has 1 aliphatic heterocycles. The lowest BCUT2D eigenvalue weighted by atomic mass is 10.2. The fourth-order valence-corrected chi connectivity index (χ4v) is 3.06. The van der Waals surface area contributed by atoms with Crippen molar-refractivity contribution in [3.8, 4) is 12.3 Å². The summed E-state index contributed by atoms with van der Waals surface area (Å²) in [5, 5.41) is 0. The Hall–Kier alpha value is -1.51. The Morgan fingerprint density at radius 3 is 2.26 bits per heavy atom. The highest BCUT2D eigenvalue weighted by Crippen LogP contribution is 2.19. The van der Waals surface area contributed by atoms with E-state index in [4.69, 9.17) is 6.42 Å². The number of hydrogen-bond acceptors (Lipinski definition) is 4. The Labute approximate surface area is 114 Å². The minimum atomic E-state index is -3.33. The van der Waals surface area contributed by atoms with Gasteiger partial charge < -0.3 is 9.80 Å². The number of anilines is 1. The summed E-state index contributed by atoms with van der Waals surface area (Å²) < 4.78 is 23.6. The maximum atomic E-state index is 11.8. The van der Waals surface area contributed by atoms with E-state index in [1.165, 1.54) is 0 Å². The van der Waals surface area contributed by atoms with Crippen molar-refractivity contribution in [2.24, 2.45) is 0 Å². The largest absolute Gasteiger partial charge is 0.369 e. The summed E-state index contributed by atoms with van der Waals surface area (Å²) in [6.07, 6.45) is 5.07. The molecule has 5 heteroatoms. The Balaban J connectivity index is 2.13. The van der Waals surface area contributed by atoms with Crippen LogP contribution < -0.4 is 4.90 Å². The van der Waals surface area contributed by atoms with Crippen LogP contribution in [0.3, 0.4) is 0 Å². The smallest absolute Gasteiger partial charge is 0.189 e. The van der Waals surface area contributed by atoms with Gasteiger partial charge >= 0.3 is 0 Å². The van der Waals surface area contributed by atoms with Gasteiger partial charge in [-0.2, -0.15) is 0 Å². The molecule has 0 atom stereocenters. The van der Waals surface area contributed by atoms with Gasteiger partial charge in [0, 0.05) is 31.9 Å². The van der Waals surface area contributed by atoms with Crippen molar-refractivity contribution in [3.63, 3.8) is 0 Å². The van der Waals surface area contributed by atoms with E-state index in [0.717, 1.165) is 31.9 Å². The van der Waals surface area contributed by atoms with E-state index >= 15 is 0 Å². The van der Waals surface area contributed by atoms with E-state index in [9.17, 15) is 8.42 Å². The van der Waals surface area contributed by atoms with Crippen LogP contribution >= 0.6 is 0 Å². The number of sulfone groups is 1. The SMILES string of the molecule is C#CCS(=O)(=O)c1ccc(N2CCN(C)CC2)cc1. The first-order valence-corrected chi connectivity index (χ1v) is 7.88. The van der Waals surface area contributed by atoms with Crippen LogP contribution in [0.2, 0.25) is 0 Å². The number of rotatable bonds is 3. The third-order valence-electron chi connectivity index (χ3n) is 3.34. The number of nitrogens with zero attached hydrogens (tertiary/aromatic N) is 2. The molecule has 0 radical (unpaired) electrons. The van der Waals surface area contributed by atoms with Crippen molar-refractivity contribution in [2.45, 2.75) is 4.90 Å². The quantitative estimate of drug-likeness (QED) is 0.769. The summed E-state index contributed by atoms with van der Waals surface area (Å²) in [6, 6.07) is 6.99. The Bertz CT molecular complexity index is 564. The number of piperazine rings is 1. The molecule has 0 N–H and O–H groups in total. The molecule has 0 aliphatic carbocycles. The Morgan fingerprint density at radius 2 is 1.74 bits per heavy atom. The van der Waals surface area contributed by atoms with Crippen molar-refractivity contribution in [1.82, 2.24) is 4.90 Å². The molecule has 2 rings (SSSR count). The Kier molecular flexibility index (Phi) is 4.13. The fraction of sp³-hybridized carbons (Fsp3) is 0.429. The van der Waals surface area contributed by atoms with Gasteiger partial charge in [0.25, 0.3) is 0 Å². The summed E-state index contributed by atoms with van der Waals surface area (Å²) >= 11 is 0. The van der Waals surface area contributed by atoms with Crippen LogP contribution in [0, 0.1) is 12.3 Å². The lowest BCUT2D eigenvalue weighted by Gasteiger charge is -2.34. The van der Waals surface area contributed by atoms with Gasteiger partial charge in [-0.05, 0) is 31.3 Å². The highest BCUT2D eigenvalue weighted by Gasteiger charge is 2.16. The molecule has 1 saturated heterocycles. The summed E-state index contributed by atoms with van der Waals surface area (Å²) in [5.41, 5.74) is 1.06. The van der Waals surface area contributed by atoms with Crippen LogP contribution in [0.5, 0.6) is 0 Å². The van der Waals surface area contributed by atoms with E-state index < -0.39 is 9.84 Å². The van der Waals surface area contributed by atoms with E-state index in [-0.39, 0.29) is 5.75 Å². The van der Waals surface area contributed by atoms with Crippen LogP contribution in [0.1, 0.15) is 0 Å². The zero-order chi connectivity index (χ0) is 13.9. The third kappa shape index (κ3) is 3.28. The predicted molar refractivity (Wildman–Crippen MR) is 77.0 cm³/mol. The van der Waals surface area contributed by atoms with Gasteiger partial charge in [0.1, 0.15) is 5.75 Å². The van der Waals surface area contributed by atoms with Crippen molar-refractivity contribution < 1.29 is 8.42 Å². The molecule has 1 aromatic rings. The first-order chi connectivity index (χ1) is 9.03. The van der Waals surface area contributed by atoms with Gasteiger partial charge in [0.05, 0.1) is 4.90 Å². The van der Waals surface area contributed by atoms with Gasteiger partial charge in [0.15, 0.2) is 9.84 Å². The van der Waals surface area contributed by atoms with E-state index in [1.807, 2.05) is 12.1 Å². The minimum absolute atomic E-state index is 0.249. The molecule has 1 heterocycles. The van der Waals surface area contributed by atoms with Gasteiger partial charge in [-0.1, -0.05) is 5.92 Å². The van der Waals surface area contributed by atoms with E-state index in [1.54, 1.807) is 12.1 Å². The second-order valence-corrected chi connectivity index (χ2v) is 6.74. The van der Waals surface area contributed by atoms with Crippen molar-refractivity contribution >= 4 is 15.5 Å². The third-order valence-corrected chi connectivity index (χ3v) is 4.87. The van der Waals surface area contributed by atoms with Crippen LogP contribution in [0.15, 0.2) is 29.2 Å². The average molecular weight is 278 g/mol. The van der Waals surface area contributed by atoms with E-state index in [2.05, 4.69) is 22.8 Å². The summed E-state index contributed by atoms with van der Waals surface area (Å²) in [4.78, 5) is 4.84. The highest BCUT2D eigenvalue weighted by molar-refractivity contribution is 7.91. The Morgan fingerprint density at radius 1 is 1.16 bits per heavy atom. The number of benzene rings is 1. The fourth-order valence-electron chi connectivity index (χ4n) is 2.12. The van der Waals surface area contributed by atoms with Gasteiger partial charge in [-0.25, -0.2) is 8.42 Å². The molecule has 0 saturated carbocycles. The van der Waals surface area contributed by atoms with Crippen LogP contribution in [0.4, 0.5) is 5.69 Å². The molecule has 1 aromatic carbocycles. The molecule has 1 fully saturated rings. The van der Waals surface area contributed by atoms with Crippen LogP contribution in [-0.4, -0.2) is 52.3 Å². The van der Waals surface area contributed by atoms with Crippen LogP contribution in [-0.2, 0) is 9.84 Å². The van der Waals surface area contributed by atoms with E-state index in [0.29, 0.717) is 4.90 Å². The molecule has 0 unspecified atom stereocenters. The molecule has 0 aromatic heterocycles. The molecule has 4 nitrogen and oxygen atoms in total. The van der Waals surface area contributed by atoms with Crippen LogP contribution in [0.25, 0.3) is 0 Å².